The molecule has 1 saturated heterocycles. The first-order valence-corrected chi connectivity index (χ1v) is 10.4. The summed E-state index contributed by atoms with van der Waals surface area (Å²) in [6, 6.07) is 0. The Morgan fingerprint density at radius 1 is 0.727 bits per heavy atom. The van der Waals surface area contributed by atoms with Gasteiger partial charge in [0, 0.05) is 22.3 Å². The van der Waals surface area contributed by atoms with Crippen molar-refractivity contribution in [2.45, 2.75) is 65.0 Å². The molecule has 0 amide bonds. The molecular weight excluding hydrogens is 432 g/mol. The van der Waals surface area contributed by atoms with Crippen molar-refractivity contribution in [3.63, 3.8) is 0 Å². The van der Waals surface area contributed by atoms with E-state index in [2.05, 4.69) is 26.3 Å². The van der Waals surface area contributed by atoms with Gasteiger partial charge in [-0.05, 0) is 40.5 Å². The number of rotatable bonds is 11. The van der Waals surface area contributed by atoms with Crippen LogP contribution in [0.3, 0.4) is 0 Å². The first-order valence-electron chi connectivity index (χ1n) is 10.4. The van der Waals surface area contributed by atoms with E-state index < -0.39 is 48.3 Å². The van der Waals surface area contributed by atoms with E-state index in [4.69, 9.17) is 23.7 Å². The van der Waals surface area contributed by atoms with Gasteiger partial charge in [-0.2, -0.15) is 0 Å². The largest absolute Gasteiger partial charge is 0.462 e. The molecule has 0 N–H and O–H groups in total. The Labute approximate surface area is 194 Å². The standard InChI is InChI=1S/C24H32O9/c1-13(2)21(25)29-11-9-10-17-19(32-23(27)15(5)6)20(33-24(28)16(7)8)18(12-30-17)31-22(26)14(3)4/h17-20H,1,3,5,7,9-12H2,2,4,6,8H3/t17?,18-,19-,20-/m1/s1. The minimum atomic E-state index is -1.17. The molecule has 33 heavy (non-hydrogen) atoms. The lowest BCUT2D eigenvalue weighted by atomic mass is 9.96. The number of carbonyl (C=O) groups is 4. The minimum absolute atomic E-state index is 0.0804. The first-order chi connectivity index (χ1) is 15.3. The maximum absolute atomic E-state index is 12.3. The smallest absolute Gasteiger partial charge is 0.333 e. The van der Waals surface area contributed by atoms with Crippen LogP contribution in [0.5, 0.6) is 0 Å². The summed E-state index contributed by atoms with van der Waals surface area (Å²) in [6.45, 7) is 20.0. The van der Waals surface area contributed by atoms with Crippen molar-refractivity contribution in [2.75, 3.05) is 13.2 Å². The zero-order chi connectivity index (χ0) is 25.3. The van der Waals surface area contributed by atoms with Gasteiger partial charge in [-0.3, -0.25) is 0 Å². The third kappa shape index (κ3) is 8.69. The summed E-state index contributed by atoms with van der Waals surface area (Å²) in [7, 11) is 0. The number of ether oxygens (including phenoxy) is 5. The average Bonchev–Trinajstić information content (AvgIpc) is 2.73. The van der Waals surface area contributed by atoms with Gasteiger partial charge in [0.2, 0.25) is 0 Å². The summed E-state index contributed by atoms with van der Waals surface area (Å²) in [6.07, 6.45) is -3.43. The number of esters is 4. The van der Waals surface area contributed by atoms with Crippen LogP contribution in [0, 0.1) is 0 Å². The van der Waals surface area contributed by atoms with Crippen molar-refractivity contribution < 1.29 is 42.9 Å². The Morgan fingerprint density at radius 3 is 1.67 bits per heavy atom. The van der Waals surface area contributed by atoms with Gasteiger partial charge < -0.3 is 23.7 Å². The average molecular weight is 465 g/mol. The fraction of sp³-hybridized carbons (Fsp3) is 0.500. The summed E-state index contributed by atoms with van der Waals surface area (Å²) in [4.78, 5) is 48.3. The Kier molecular flexibility index (Phi) is 10.7. The van der Waals surface area contributed by atoms with Crippen LogP contribution in [-0.2, 0) is 42.9 Å². The quantitative estimate of drug-likeness (QED) is 0.197. The van der Waals surface area contributed by atoms with Crippen LogP contribution < -0.4 is 0 Å². The van der Waals surface area contributed by atoms with Crippen molar-refractivity contribution in [1.29, 1.82) is 0 Å². The molecule has 9 heteroatoms. The third-order valence-electron chi connectivity index (χ3n) is 4.54. The molecule has 4 atom stereocenters. The van der Waals surface area contributed by atoms with Crippen LogP contribution in [-0.4, -0.2) is 61.5 Å². The van der Waals surface area contributed by atoms with E-state index in [1.165, 1.54) is 27.7 Å². The Balaban J connectivity index is 3.12. The van der Waals surface area contributed by atoms with E-state index in [9.17, 15) is 19.2 Å². The monoisotopic (exact) mass is 464 g/mol. The second-order valence-electron chi connectivity index (χ2n) is 7.95. The van der Waals surface area contributed by atoms with Gasteiger partial charge in [0.05, 0.1) is 19.3 Å². The molecule has 1 aliphatic rings. The second-order valence-corrected chi connectivity index (χ2v) is 7.95. The van der Waals surface area contributed by atoms with Gasteiger partial charge in [0.15, 0.2) is 18.3 Å². The van der Waals surface area contributed by atoms with Crippen molar-refractivity contribution in [1.82, 2.24) is 0 Å². The molecule has 1 heterocycles. The zero-order valence-corrected chi connectivity index (χ0v) is 19.6. The third-order valence-corrected chi connectivity index (χ3v) is 4.54. The summed E-state index contributed by atoms with van der Waals surface area (Å²) < 4.78 is 27.3. The molecule has 1 aliphatic heterocycles. The molecule has 1 rings (SSSR count). The van der Waals surface area contributed by atoms with Crippen molar-refractivity contribution in [2.24, 2.45) is 0 Å². The summed E-state index contributed by atoms with van der Waals surface area (Å²) in [5.41, 5.74) is 0.637. The van der Waals surface area contributed by atoms with Crippen LogP contribution in [0.2, 0.25) is 0 Å². The number of carbonyl (C=O) groups excluding carboxylic acids is 4. The van der Waals surface area contributed by atoms with Crippen molar-refractivity contribution >= 4 is 23.9 Å². The minimum Gasteiger partial charge on any atom is -0.462 e. The highest BCUT2D eigenvalue weighted by atomic mass is 16.6. The van der Waals surface area contributed by atoms with E-state index in [0.717, 1.165) is 0 Å². The summed E-state index contributed by atoms with van der Waals surface area (Å²) in [5, 5.41) is 0. The molecule has 182 valence electrons. The SMILES string of the molecule is C=C(C)C(=O)OCCCC1OC[C@@H](OC(=O)C(=C)C)[C@@H](OC(=O)C(=C)C)[C@@H]1OC(=O)C(=C)C. The molecule has 0 aromatic carbocycles. The highest BCUT2D eigenvalue weighted by Crippen LogP contribution is 2.28. The Bertz CT molecular complexity index is 837. The van der Waals surface area contributed by atoms with E-state index in [-0.39, 0.29) is 35.5 Å². The van der Waals surface area contributed by atoms with Crippen LogP contribution >= 0.6 is 0 Å². The topological polar surface area (TPSA) is 114 Å². The van der Waals surface area contributed by atoms with Gasteiger partial charge >= 0.3 is 23.9 Å². The van der Waals surface area contributed by atoms with Crippen LogP contribution in [0.4, 0.5) is 0 Å². The molecule has 0 aliphatic carbocycles. The van der Waals surface area contributed by atoms with Crippen LogP contribution in [0.1, 0.15) is 40.5 Å². The van der Waals surface area contributed by atoms with Gasteiger partial charge in [-0.1, -0.05) is 26.3 Å². The molecule has 1 unspecified atom stereocenters. The highest BCUT2D eigenvalue weighted by Gasteiger charge is 2.47. The normalized spacial score (nSPS) is 21.8. The maximum Gasteiger partial charge on any atom is 0.333 e. The number of hydrogen-bond acceptors (Lipinski definition) is 9. The lowest BCUT2D eigenvalue weighted by Crippen LogP contribution is -2.57. The molecule has 9 nitrogen and oxygen atoms in total. The lowest BCUT2D eigenvalue weighted by Gasteiger charge is -2.41. The molecule has 0 radical (unpaired) electrons. The number of hydrogen-bond donors (Lipinski definition) is 0. The van der Waals surface area contributed by atoms with Crippen molar-refractivity contribution in [3.8, 4) is 0 Å². The van der Waals surface area contributed by atoms with Gasteiger partial charge in [-0.15, -0.1) is 0 Å². The molecule has 0 saturated carbocycles. The molecule has 0 spiro atoms. The molecular formula is C24H32O9. The first kappa shape index (κ1) is 27.8. The van der Waals surface area contributed by atoms with E-state index in [0.29, 0.717) is 12.8 Å². The second kappa shape index (κ2) is 12.7. The predicted molar refractivity (Wildman–Crippen MR) is 119 cm³/mol. The maximum atomic E-state index is 12.3. The van der Waals surface area contributed by atoms with E-state index >= 15 is 0 Å². The Morgan fingerprint density at radius 2 is 1.18 bits per heavy atom. The summed E-state index contributed by atoms with van der Waals surface area (Å²) >= 11 is 0. The molecule has 0 aromatic rings. The summed E-state index contributed by atoms with van der Waals surface area (Å²) in [5.74, 6) is -2.71. The van der Waals surface area contributed by atoms with Gasteiger partial charge in [0.1, 0.15) is 0 Å². The van der Waals surface area contributed by atoms with Gasteiger partial charge in [-0.25, -0.2) is 19.2 Å². The van der Waals surface area contributed by atoms with E-state index in [1.54, 1.807) is 0 Å². The van der Waals surface area contributed by atoms with E-state index in [1.807, 2.05) is 0 Å². The molecule has 0 bridgehead atoms. The zero-order valence-electron chi connectivity index (χ0n) is 19.6. The van der Waals surface area contributed by atoms with Crippen LogP contribution in [0.25, 0.3) is 0 Å². The highest BCUT2D eigenvalue weighted by molar-refractivity contribution is 5.89. The van der Waals surface area contributed by atoms with Gasteiger partial charge in [0.25, 0.3) is 0 Å². The van der Waals surface area contributed by atoms with Crippen molar-refractivity contribution in [3.05, 3.63) is 48.6 Å². The molecule has 1 fully saturated rings. The van der Waals surface area contributed by atoms with Crippen LogP contribution in [0.15, 0.2) is 48.6 Å². The predicted octanol–water partition coefficient (Wildman–Crippen LogP) is 2.75. The molecule has 0 aromatic heterocycles. The fourth-order valence-electron chi connectivity index (χ4n) is 2.72. The fourth-order valence-corrected chi connectivity index (χ4v) is 2.72. The Hall–Kier alpha value is -3.20. The lowest BCUT2D eigenvalue weighted by molar-refractivity contribution is -0.224.